The fourth-order valence-corrected chi connectivity index (χ4v) is 4.40. The predicted molar refractivity (Wildman–Crippen MR) is 112 cm³/mol. The van der Waals surface area contributed by atoms with Gasteiger partial charge in [0.05, 0.1) is 12.7 Å². The summed E-state index contributed by atoms with van der Waals surface area (Å²) in [7, 11) is 0. The molecular formula is C24H27FN2O3. The van der Waals surface area contributed by atoms with E-state index in [1.54, 1.807) is 17.0 Å². The topological polar surface area (TPSA) is 49.9 Å². The number of benzene rings is 2. The first-order valence-electron chi connectivity index (χ1n) is 10.6. The summed E-state index contributed by atoms with van der Waals surface area (Å²) in [6.45, 7) is 1.71. The molecule has 1 aliphatic heterocycles. The van der Waals surface area contributed by atoms with Crippen molar-refractivity contribution in [2.45, 2.75) is 37.8 Å². The number of halogens is 1. The van der Waals surface area contributed by atoms with Gasteiger partial charge in [-0.05, 0) is 43.2 Å². The molecule has 1 unspecified atom stereocenters. The molecule has 6 heteroatoms. The number of ether oxygens (including phenoxy) is 1. The zero-order chi connectivity index (χ0) is 20.9. The van der Waals surface area contributed by atoms with Crippen molar-refractivity contribution < 1.29 is 18.7 Å². The van der Waals surface area contributed by atoms with E-state index in [1.165, 1.54) is 12.1 Å². The third-order valence-corrected chi connectivity index (χ3v) is 5.94. The molecule has 1 saturated heterocycles. The summed E-state index contributed by atoms with van der Waals surface area (Å²) < 4.78 is 19.5. The van der Waals surface area contributed by atoms with E-state index in [1.807, 2.05) is 35.2 Å². The maximum absolute atomic E-state index is 13.5. The van der Waals surface area contributed by atoms with Gasteiger partial charge in [-0.3, -0.25) is 9.59 Å². The molecule has 2 aromatic carbocycles. The molecule has 158 valence electrons. The molecule has 0 bridgehead atoms. The van der Waals surface area contributed by atoms with Gasteiger partial charge in [-0.25, -0.2) is 4.39 Å². The minimum Gasteiger partial charge on any atom is -0.373 e. The van der Waals surface area contributed by atoms with Crippen molar-refractivity contribution >= 4 is 11.8 Å². The van der Waals surface area contributed by atoms with Crippen molar-refractivity contribution in [3.05, 3.63) is 71.5 Å². The Morgan fingerprint density at radius 1 is 1.03 bits per heavy atom. The first kappa shape index (κ1) is 20.5. The second kappa shape index (κ2) is 9.39. The predicted octanol–water partition coefficient (Wildman–Crippen LogP) is 3.75. The zero-order valence-corrected chi connectivity index (χ0v) is 17.0. The number of morpholine rings is 1. The summed E-state index contributed by atoms with van der Waals surface area (Å²) in [5.41, 5.74) is 1.01. The maximum atomic E-state index is 13.5. The van der Waals surface area contributed by atoms with Gasteiger partial charge in [0.15, 0.2) is 0 Å². The van der Waals surface area contributed by atoms with Crippen LogP contribution in [0.1, 0.15) is 46.4 Å². The smallest absolute Gasteiger partial charge is 0.254 e. The molecule has 1 atom stereocenters. The van der Waals surface area contributed by atoms with E-state index in [4.69, 9.17) is 4.74 Å². The van der Waals surface area contributed by atoms with Crippen LogP contribution in [-0.4, -0.2) is 60.0 Å². The maximum Gasteiger partial charge on any atom is 0.254 e. The minimum atomic E-state index is -0.425. The van der Waals surface area contributed by atoms with Gasteiger partial charge >= 0.3 is 0 Å². The summed E-state index contributed by atoms with van der Waals surface area (Å²) in [4.78, 5) is 29.7. The van der Waals surface area contributed by atoms with Crippen LogP contribution < -0.4 is 0 Å². The molecule has 0 spiro atoms. The largest absolute Gasteiger partial charge is 0.373 e. The van der Waals surface area contributed by atoms with Crippen molar-refractivity contribution in [3.63, 3.8) is 0 Å². The Kier molecular flexibility index (Phi) is 6.43. The standard InChI is InChI=1S/C24H27FN2O3/c25-20-10-6-9-19(15-20)23(28)26-13-14-30-22(16-26)17-27(21-11-4-5-12-21)24(29)18-7-2-1-3-8-18/h1-3,6-10,15,21-22H,4-5,11-14,16-17H2. The van der Waals surface area contributed by atoms with Gasteiger partial charge in [0.25, 0.3) is 11.8 Å². The Bertz CT molecular complexity index is 883. The number of hydrogen-bond donors (Lipinski definition) is 0. The highest BCUT2D eigenvalue weighted by molar-refractivity contribution is 5.95. The van der Waals surface area contributed by atoms with Crippen LogP contribution in [0.15, 0.2) is 54.6 Å². The van der Waals surface area contributed by atoms with Crippen LogP contribution in [0.25, 0.3) is 0 Å². The van der Waals surface area contributed by atoms with E-state index in [0.717, 1.165) is 25.7 Å². The third-order valence-electron chi connectivity index (χ3n) is 5.94. The molecule has 2 fully saturated rings. The molecule has 2 amide bonds. The Morgan fingerprint density at radius 2 is 1.77 bits per heavy atom. The quantitative estimate of drug-likeness (QED) is 0.754. The van der Waals surface area contributed by atoms with Crippen LogP contribution in [0.2, 0.25) is 0 Å². The SMILES string of the molecule is O=C(c1cccc(F)c1)N1CCOC(CN(C(=O)c2ccccc2)C2CCCC2)C1. The molecule has 2 aromatic rings. The van der Waals surface area contributed by atoms with Crippen molar-refractivity contribution in [3.8, 4) is 0 Å². The fraction of sp³-hybridized carbons (Fsp3) is 0.417. The van der Waals surface area contributed by atoms with Crippen LogP contribution >= 0.6 is 0 Å². The highest BCUT2D eigenvalue weighted by atomic mass is 19.1. The number of carbonyl (C=O) groups excluding carboxylic acids is 2. The number of amides is 2. The van der Waals surface area contributed by atoms with Crippen molar-refractivity contribution in [1.82, 2.24) is 9.80 Å². The van der Waals surface area contributed by atoms with Crippen LogP contribution in [0.4, 0.5) is 4.39 Å². The van der Waals surface area contributed by atoms with Gasteiger partial charge in [-0.2, -0.15) is 0 Å². The monoisotopic (exact) mass is 410 g/mol. The fourth-order valence-electron chi connectivity index (χ4n) is 4.40. The number of rotatable bonds is 5. The van der Waals surface area contributed by atoms with E-state index < -0.39 is 5.82 Å². The molecule has 4 rings (SSSR count). The molecule has 5 nitrogen and oxygen atoms in total. The Labute approximate surface area is 176 Å². The van der Waals surface area contributed by atoms with E-state index in [0.29, 0.717) is 37.4 Å². The molecular weight excluding hydrogens is 383 g/mol. The number of nitrogens with zero attached hydrogens (tertiary/aromatic N) is 2. The first-order chi connectivity index (χ1) is 14.6. The summed E-state index contributed by atoms with van der Waals surface area (Å²) >= 11 is 0. The zero-order valence-electron chi connectivity index (χ0n) is 17.0. The lowest BCUT2D eigenvalue weighted by atomic mass is 10.1. The molecule has 0 radical (unpaired) electrons. The second-order valence-electron chi connectivity index (χ2n) is 8.02. The summed E-state index contributed by atoms with van der Waals surface area (Å²) in [5.74, 6) is -0.615. The van der Waals surface area contributed by atoms with Crippen LogP contribution in [0.3, 0.4) is 0 Å². The van der Waals surface area contributed by atoms with Crippen molar-refractivity contribution in [2.24, 2.45) is 0 Å². The van der Waals surface area contributed by atoms with Crippen LogP contribution in [0.5, 0.6) is 0 Å². The lowest BCUT2D eigenvalue weighted by Gasteiger charge is -2.38. The van der Waals surface area contributed by atoms with Gasteiger partial charge in [-0.15, -0.1) is 0 Å². The van der Waals surface area contributed by atoms with Gasteiger partial charge in [0.1, 0.15) is 5.82 Å². The highest BCUT2D eigenvalue weighted by Crippen LogP contribution is 2.26. The summed E-state index contributed by atoms with van der Waals surface area (Å²) in [6.07, 6.45) is 3.98. The van der Waals surface area contributed by atoms with Crippen molar-refractivity contribution in [2.75, 3.05) is 26.2 Å². The average molecular weight is 410 g/mol. The van der Waals surface area contributed by atoms with E-state index in [2.05, 4.69) is 0 Å². The van der Waals surface area contributed by atoms with Gasteiger partial charge < -0.3 is 14.5 Å². The Hall–Kier alpha value is -2.73. The van der Waals surface area contributed by atoms with Crippen LogP contribution in [0, 0.1) is 5.82 Å². The average Bonchev–Trinajstić information content (AvgIpc) is 3.32. The molecule has 0 aromatic heterocycles. The lowest BCUT2D eigenvalue weighted by molar-refractivity contribution is -0.0371. The summed E-state index contributed by atoms with van der Waals surface area (Å²) in [6, 6.07) is 15.3. The Morgan fingerprint density at radius 3 is 2.50 bits per heavy atom. The molecule has 2 aliphatic rings. The van der Waals surface area contributed by atoms with Crippen molar-refractivity contribution in [1.29, 1.82) is 0 Å². The molecule has 1 aliphatic carbocycles. The van der Waals surface area contributed by atoms with E-state index >= 15 is 0 Å². The normalized spacial score (nSPS) is 19.6. The number of hydrogen-bond acceptors (Lipinski definition) is 3. The first-order valence-corrected chi connectivity index (χ1v) is 10.6. The minimum absolute atomic E-state index is 0.0136. The number of carbonyl (C=O) groups is 2. The van der Waals surface area contributed by atoms with E-state index in [9.17, 15) is 14.0 Å². The third kappa shape index (κ3) is 4.70. The van der Waals surface area contributed by atoms with Gasteiger partial charge in [0.2, 0.25) is 0 Å². The molecule has 1 heterocycles. The van der Waals surface area contributed by atoms with E-state index in [-0.39, 0.29) is 24.0 Å². The van der Waals surface area contributed by atoms with Gasteiger partial charge in [0, 0.05) is 36.8 Å². The molecule has 1 saturated carbocycles. The Balaban J connectivity index is 1.47. The second-order valence-corrected chi connectivity index (χ2v) is 8.02. The highest BCUT2D eigenvalue weighted by Gasteiger charge is 2.32. The molecule has 30 heavy (non-hydrogen) atoms. The molecule has 0 N–H and O–H groups in total. The van der Waals surface area contributed by atoms with Crippen LogP contribution in [-0.2, 0) is 4.74 Å². The summed E-state index contributed by atoms with van der Waals surface area (Å²) in [5, 5.41) is 0. The van der Waals surface area contributed by atoms with Gasteiger partial charge in [-0.1, -0.05) is 37.1 Å². The lowest BCUT2D eigenvalue weighted by Crippen LogP contribution is -2.52.